The normalized spacial score (nSPS) is 17.0. The fourth-order valence-electron chi connectivity index (χ4n) is 3.59. The molecule has 0 fully saturated rings. The average molecular weight is 279 g/mol. The Bertz CT molecular complexity index is 601. The smallest absolute Gasteiger partial charge is 0.0208 e. The van der Waals surface area contributed by atoms with Crippen LogP contribution in [0, 0.1) is 0 Å². The van der Waals surface area contributed by atoms with Gasteiger partial charge < -0.3 is 5.32 Å². The predicted molar refractivity (Wildman–Crippen MR) is 89.7 cm³/mol. The largest absolute Gasteiger partial charge is 0.309 e. The number of hydrogen-bond donors (Lipinski definition) is 1. The van der Waals surface area contributed by atoms with Crippen molar-refractivity contribution in [1.82, 2.24) is 5.32 Å². The SMILES string of the molecule is CCc1ccc2c(c1CC)CC(NCc1ccccc1)C2. The lowest BCUT2D eigenvalue weighted by Gasteiger charge is -2.13. The molecule has 0 amide bonds. The molecule has 0 aliphatic heterocycles. The molecule has 1 aliphatic carbocycles. The summed E-state index contributed by atoms with van der Waals surface area (Å²) in [6, 6.07) is 16.0. The van der Waals surface area contributed by atoms with E-state index in [2.05, 4.69) is 61.6 Å². The lowest BCUT2D eigenvalue weighted by atomic mass is 9.94. The minimum Gasteiger partial charge on any atom is -0.309 e. The number of fused-ring (bicyclic) bond motifs is 1. The highest BCUT2D eigenvalue weighted by Crippen LogP contribution is 2.29. The Kier molecular flexibility index (Phi) is 4.40. The monoisotopic (exact) mass is 279 g/mol. The average Bonchev–Trinajstić information content (AvgIpc) is 2.95. The van der Waals surface area contributed by atoms with Gasteiger partial charge in [-0.1, -0.05) is 56.3 Å². The maximum atomic E-state index is 3.73. The number of benzene rings is 2. The molecule has 0 saturated carbocycles. The summed E-state index contributed by atoms with van der Waals surface area (Å²) in [5, 5.41) is 3.73. The van der Waals surface area contributed by atoms with E-state index in [1.165, 1.54) is 18.4 Å². The van der Waals surface area contributed by atoms with Gasteiger partial charge in [-0.3, -0.25) is 0 Å². The van der Waals surface area contributed by atoms with Crippen molar-refractivity contribution in [3.63, 3.8) is 0 Å². The van der Waals surface area contributed by atoms with Crippen LogP contribution in [0.5, 0.6) is 0 Å². The zero-order valence-electron chi connectivity index (χ0n) is 13.2. The maximum absolute atomic E-state index is 3.73. The quantitative estimate of drug-likeness (QED) is 0.870. The van der Waals surface area contributed by atoms with Crippen molar-refractivity contribution in [3.05, 3.63) is 70.3 Å². The molecule has 0 heterocycles. The Balaban J connectivity index is 1.70. The first-order valence-electron chi connectivity index (χ1n) is 8.21. The Morgan fingerprint density at radius 2 is 1.76 bits per heavy atom. The molecule has 1 aliphatic rings. The van der Waals surface area contributed by atoms with Crippen LogP contribution in [0.15, 0.2) is 42.5 Å². The first-order valence-corrected chi connectivity index (χ1v) is 8.21. The number of rotatable bonds is 5. The van der Waals surface area contributed by atoms with Crippen LogP contribution in [0.1, 0.15) is 41.7 Å². The van der Waals surface area contributed by atoms with Crippen LogP contribution in [0.2, 0.25) is 0 Å². The first-order chi connectivity index (χ1) is 10.3. The Labute approximate surface area is 128 Å². The molecule has 0 radical (unpaired) electrons. The zero-order valence-corrected chi connectivity index (χ0v) is 13.2. The molecule has 1 atom stereocenters. The van der Waals surface area contributed by atoms with E-state index in [4.69, 9.17) is 0 Å². The molecule has 1 unspecified atom stereocenters. The molecular formula is C20H25N. The molecule has 1 nitrogen and oxygen atoms in total. The minimum absolute atomic E-state index is 0.595. The third-order valence-electron chi connectivity index (χ3n) is 4.71. The summed E-state index contributed by atoms with van der Waals surface area (Å²) in [6.45, 7) is 5.53. The van der Waals surface area contributed by atoms with Crippen molar-refractivity contribution >= 4 is 0 Å². The molecule has 3 rings (SSSR count). The lowest BCUT2D eigenvalue weighted by molar-refractivity contribution is 0.532. The standard InChI is InChI=1S/C20H25N/c1-3-16-10-11-17-12-18(13-20(17)19(16)4-2)21-14-15-8-6-5-7-9-15/h5-11,18,21H,3-4,12-14H2,1-2H3. The van der Waals surface area contributed by atoms with E-state index in [0.717, 1.165) is 19.4 Å². The topological polar surface area (TPSA) is 12.0 Å². The molecule has 2 aromatic carbocycles. The van der Waals surface area contributed by atoms with Gasteiger partial charge in [0.2, 0.25) is 0 Å². The van der Waals surface area contributed by atoms with Crippen LogP contribution < -0.4 is 5.32 Å². The van der Waals surface area contributed by atoms with Crippen LogP contribution in [0.3, 0.4) is 0 Å². The molecule has 0 aromatic heterocycles. The Morgan fingerprint density at radius 3 is 2.48 bits per heavy atom. The predicted octanol–water partition coefficient (Wildman–Crippen LogP) is 4.07. The molecule has 2 aromatic rings. The molecule has 0 saturated heterocycles. The summed E-state index contributed by atoms with van der Waals surface area (Å²) >= 11 is 0. The fourth-order valence-corrected chi connectivity index (χ4v) is 3.59. The van der Waals surface area contributed by atoms with Crippen LogP contribution in [0.4, 0.5) is 0 Å². The van der Waals surface area contributed by atoms with Gasteiger partial charge in [-0.15, -0.1) is 0 Å². The van der Waals surface area contributed by atoms with E-state index in [9.17, 15) is 0 Å². The number of nitrogens with one attached hydrogen (secondary N) is 1. The molecule has 0 spiro atoms. The highest BCUT2D eigenvalue weighted by atomic mass is 14.9. The lowest BCUT2D eigenvalue weighted by Crippen LogP contribution is -2.29. The van der Waals surface area contributed by atoms with E-state index in [1.54, 1.807) is 22.3 Å². The summed E-state index contributed by atoms with van der Waals surface area (Å²) in [6.07, 6.45) is 4.69. The van der Waals surface area contributed by atoms with E-state index >= 15 is 0 Å². The third kappa shape index (κ3) is 3.03. The van der Waals surface area contributed by atoms with Crippen LogP contribution in [-0.4, -0.2) is 6.04 Å². The van der Waals surface area contributed by atoms with Gasteiger partial charge in [-0.2, -0.15) is 0 Å². The van der Waals surface area contributed by atoms with Gasteiger partial charge in [0.05, 0.1) is 0 Å². The Morgan fingerprint density at radius 1 is 0.952 bits per heavy atom. The second-order valence-electron chi connectivity index (χ2n) is 6.02. The second kappa shape index (κ2) is 6.44. The Hall–Kier alpha value is -1.60. The van der Waals surface area contributed by atoms with Gasteiger partial charge >= 0.3 is 0 Å². The highest BCUT2D eigenvalue weighted by molar-refractivity contribution is 5.45. The van der Waals surface area contributed by atoms with Gasteiger partial charge in [0.15, 0.2) is 0 Å². The highest BCUT2D eigenvalue weighted by Gasteiger charge is 2.23. The summed E-state index contributed by atoms with van der Waals surface area (Å²) in [4.78, 5) is 0. The van der Waals surface area contributed by atoms with Gasteiger partial charge in [0, 0.05) is 12.6 Å². The van der Waals surface area contributed by atoms with Gasteiger partial charge in [-0.05, 0) is 53.5 Å². The number of aryl methyl sites for hydroxylation is 1. The summed E-state index contributed by atoms with van der Waals surface area (Å²) < 4.78 is 0. The van der Waals surface area contributed by atoms with E-state index in [0.29, 0.717) is 6.04 Å². The van der Waals surface area contributed by atoms with E-state index in [-0.39, 0.29) is 0 Å². The van der Waals surface area contributed by atoms with Crippen LogP contribution in [-0.2, 0) is 32.2 Å². The fraction of sp³-hybridized carbons (Fsp3) is 0.400. The minimum atomic E-state index is 0.595. The van der Waals surface area contributed by atoms with Crippen molar-refractivity contribution in [1.29, 1.82) is 0 Å². The molecule has 1 N–H and O–H groups in total. The summed E-state index contributed by atoms with van der Waals surface area (Å²) in [7, 11) is 0. The molecular weight excluding hydrogens is 254 g/mol. The van der Waals surface area contributed by atoms with E-state index in [1.807, 2.05) is 0 Å². The molecule has 110 valence electrons. The number of hydrogen-bond acceptors (Lipinski definition) is 1. The van der Waals surface area contributed by atoms with Crippen LogP contribution in [0.25, 0.3) is 0 Å². The van der Waals surface area contributed by atoms with Crippen molar-refractivity contribution in [2.75, 3.05) is 0 Å². The summed E-state index contributed by atoms with van der Waals surface area (Å²) in [5.74, 6) is 0. The molecule has 21 heavy (non-hydrogen) atoms. The molecule has 0 bridgehead atoms. The zero-order chi connectivity index (χ0) is 14.7. The summed E-state index contributed by atoms with van der Waals surface area (Å²) in [5.41, 5.74) is 7.72. The first kappa shape index (κ1) is 14.3. The van der Waals surface area contributed by atoms with Crippen molar-refractivity contribution in [3.8, 4) is 0 Å². The van der Waals surface area contributed by atoms with Gasteiger partial charge in [-0.25, -0.2) is 0 Å². The van der Waals surface area contributed by atoms with Crippen molar-refractivity contribution < 1.29 is 0 Å². The van der Waals surface area contributed by atoms with Crippen LogP contribution >= 0.6 is 0 Å². The molecule has 1 heteroatoms. The maximum Gasteiger partial charge on any atom is 0.0208 e. The van der Waals surface area contributed by atoms with Gasteiger partial charge in [0.1, 0.15) is 0 Å². The second-order valence-corrected chi connectivity index (χ2v) is 6.02. The van der Waals surface area contributed by atoms with Gasteiger partial charge in [0.25, 0.3) is 0 Å². The van der Waals surface area contributed by atoms with E-state index < -0.39 is 0 Å². The van der Waals surface area contributed by atoms with Crippen molar-refractivity contribution in [2.24, 2.45) is 0 Å². The van der Waals surface area contributed by atoms with Crippen molar-refractivity contribution in [2.45, 2.75) is 52.1 Å². The third-order valence-corrected chi connectivity index (χ3v) is 4.71.